The number of aliphatic imine (C=N–C) groups is 1. The van der Waals surface area contributed by atoms with Gasteiger partial charge in [-0.1, -0.05) is 0 Å². The van der Waals surface area contributed by atoms with Gasteiger partial charge in [0, 0.05) is 19.8 Å². The van der Waals surface area contributed by atoms with Crippen LogP contribution >= 0.6 is 0 Å². The molecule has 1 N–H and O–H groups in total. The summed E-state index contributed by atoms with van der Waals surface area (Å²) in [6.45, 7) is 3.99. The van der Waals surface area contributed by atoms with Crippen molar-refractivity contribution in [2.24, 2.45) is 4.99 Å². The van der Waals surface area contributed by atoms with E-state index in [0.29, 0.717) is 0 Å². The number of rotatable bonds is 0. The zero-order valence-corrected chi connectivity index (χ0v) is 6.18. The van der Waals surface area contributed by atoms with Gasteiger partial charge in [-0.15, -0.1) is 0 Å². The molecule has 2 aliphatic heterocycles. The third kappa shape index (κ3) is 3.45. The molecule has 0 aromatic carbocycles. The quantitative estimate of drug-likeness (QED) is 0.531. The van der Waals surface area contributed by atoms with E-state index in [4.69, 9.17) is 4.74 Å². The van der Waals surface area contributed by atoms with Crippen LogP contribution in [0.2, 0.25) is 0 Å². The van der Waals surface area contributed by atoms with Crippen LogP contribution in [0.15, 0.2) is 4.99 Å². The van der Waals surface area contributed by atoms with Crippen LogP contribution in [0.5, 0.6) is 0 Å². The number of nitrogens with one attached hydrogen (secondary N) is 1. The molecule has 58 valence electrons. The fourth-order valence-electron chi connectivity index (χ4n) is 0.833. The summed E-state index contributed by atoms with van der Waals surface area (Å²) in [6, 6.07) is 0. The van der Waals surface area contributed by atoms with E-state index in [1.54, 1.807) is 6.34 Å². The van der Waals surface area contributed by atoms with Crippen molar-refractivity contribution in [3.8, 4) is 0 Å². The molecule has 0 aromatic rings. The highest BCUT2D eigenvalue weighted by Crippen LogP contribution is 1.98. The predicted octanol–water partition coefficient (Wildman–Crippen LogP) is 0.415. The van der Waals surface area contributed by atoms with Gasteiger partial charge in [0.25, 0.3) is 0 Å². The summed E-state index contributed by atoms with van der Waals surface area (Å²) in [6.07, 6.45) is 4.29. The van der Waals surface area contributed by atoms with Crippen molar-refractivity contribution in [3.63, 3.8) is 0 Å². The molecular formula is C7H14N2O. The first kappa shape index (κ1) is 7.54. The Morgan fingerprint density at radius 2 is 2.10 bits per heavy atom. The van der Waals surface area contributed by atoms with Gasteiger partial charge in [-0.25, -0.2) is 0 Å². The molecule has 0 spiro atoms. The topological polar surface area (TPSA) is 33.6 Å². The molecule has 2 heterocycles. The highest BCUT2D eigenvalue weighted by atomic mass is 16.5. The molecule has 3 nitrogen and oxygen atoms in total. The molecule has 1 fully saturated rings. The monoisotopic (exact) mass is 142 g/mol. The summed E-state index contributed by atoms with van der Waals surface area (Å²) in [5.41, 5.74) is 0. The van der Waals surface area contributed by atoms with Crippen LogP contribution in [0, 0.1) is 0 Å². The van der Waals surface area contributed by atoms with Gasteiger partial charge in [0.05, 0.1) is 12.9 Å². The molecule has 0 aliphatic carbocycles. The summed E-state index contributed by atoms with van der Waals surface area (Å²) in [7, 11) is 0. The maximum Gasteiger partial charge on any atom is 0.0825 e. The van der Waals surface area contributed by atoms with Crippen molar-refractivity contribution in [2.75, 3.05) is 26.3 Å². The number of ether oxygens (including phenoxy) is 1. The van der Waals surface area contributed by atoms with Gasteiger partial charge in [-0.2, -0.15) is 0 Å². The number of nitrogens with zero attached hydrogens (tertiary/aromatic N) is 1. The zero-order chi connectivity index (χ0) is 7.07. The molecule has 0 unspecified atom stereocenters. The lowest BCUT2D eigenvalue weighted by atomic mass is 10.4. The molecule has 10 heavy (non-hydrogen) atoms. The fourth-order valence-corrected chi connectivity index (χ4v) is 0.833. The minimum atomic E-state index is 0.958. The highest BCUT2D eigenvalue weighted by molar-refractivity contribution is 5.56. The zero-order valence-electron chi connectivity index (χ0n) is 6.18. The van der Waals surface area contributed by atoms with E-state index >= 15 is 0 Å². The van der Waals surface area contributed by atoms with E-state index in [1.165, 1.54) is 12.8 Å². The smallest absolute Gasteiger partial charge is 0.0825 e. The largest absolute Gasteiger partial charge is 0.381 e. The number of hydrogen-bond donors (Lipinski definition) is 1. The van der Waals surface area contributed by atoms with Crippen LogP contribution in [0.4, 0.5) is 0 Å². The Kier molecular flexibility index (Phi) is 3.94. The third-order valence-corrected chi connectivity index (χ3v) is 1.40. The summed E-state index contributed by atoms with van der Waals surface area (Å²) < 4.78 is 4.94. The molecule has 2 aliphatic rings. The first-order valence-corrected chi connectivity index (χ1v) is 3.79. The van der Waals surface area contributed by atoms with Gasteiger partial charge in [0.15, 0.2) is 0 Å². The van der Waals surface area contributed by atoms with Crippen LogP contribution < -0.4 is 5.32 Å². The van der Waals surface area contributed by atoms with Gasteiger partial charge in [0.2, 0.25) is 0 Å². The Bertz CT molecular complexity index is 86.2. The van der Waals surface area contributed by atoms with Crippen molar-refractivity contribution in [2.45, 2.75) is 12.8 Å². The normalized spacial score (nSPS) is 21.6. The molecule has 3 heteroatoms. The minimum absolute atomic E-state index is 0.958. The molecule has 0 amide bonds. The molecule has 2 rings (SSSR count). The Hall–Kier alpha value is -0.570. The lowest BCUT2D eigenvalue weighted by Gasteiger charge is -1.76. The van der Waals surface area contributed by atoms with Crippen LogP contribution in [-0.4, -0.2) is 32.6 Å². The molecule has 0 saturated carbocycles. The third-order valence-electron chi connectivity index (χ3n) is 1.40. The average molecular weight is 142 g/mol. The Balaban J connectivity index is 0.0000001000. The highest BCUT2D eigenvalue weighted by Gasteiger charge is 1.94. The van der Waals surface area contributed by atoms with Gasteiger partial charge < -0.3 is 10.1 Å². The van der Waals surface area contributed by atoms with Gasteiger partial charge in [-0.3, -0.25) is 4.99 Å². The number of hydrogen-bond acceptors (Lipinski definition) is 3. The Labute approximate surface area is 61.5 Å². The molecule has 0 atom stereocenters. The van der Waals surface area contributed by atoms with Crippen LogP contribution in [0.25, 0.3) is 0 Å². The maximum absolute atomic E-state index is 4.94. The van der Waals surface area contributed by atoms with Gasteiger partial charge in [0.1, 0.15) is 0 Å². The summed E-state index contributed by atoms with van der Waals surface area (Å²) in [4.78, 5) is 3.85. The average Bonchev–Trinajstić information content (AvgIpc) is 2.67. The Morgan fingerprint density at radius 1 is 1.30 bits per heavy atom. The maximum atomic E-state index is 4.94. The van der Waals surface area contributed by atoms with E-state index in [0.717, 1.165) is 26.3 Å². The van der Waals surface area contributed by atoms with Crippen molar-refractivity contribution in [1.82, 2.24) is 5.32 Å². The standard InChI is InChI=1S/C4H8O.C3H6N2/c1-2-4-5-3-1;1-2-5-3-4-1/h1-4H2;3H,1-2H2,(H,4,5). The lowest BCUT2D eigenvalue weighted by Crippen LogP contribution is -2.04. The van der Waals surface area contributed by atoms with Gasteiger partial charge in [-0.05, 0) is 12.8 Å². The van der Waals surface area contributed by atoms with Crippen LogP contribution in [0.1, 0.15) is 12.8 Å². The second-order valence-corrected chi connectivity index (χ2v) is 2.31. The summed E-state index contributed by atoms with van der Waals surface area (Å²) in [5.74, 6) is 0. The van der Waals surface area contributed by atoms with Crippen molar-refractivity contribution in [1.29, 1.82) is 0 Å². The van der Waals surface area contributed by atoms with E-state index < -0.39 is 0 Å². The van der Waals surface area contributed by atoms with E-state index in [2.05, 4.69) is 10.3 Å². The molecule has 1 saturated heterocycles. The minimum Gasteiger partial charge on any atom is -0.381 e. The predicted molar refractivity (Wildman–Crippen MR) is 41.4 cm³/mol. The van der Waals surface area contributed by atoms with Crippen molar-refractivity contribution < 1.29 is 4.74 Å². The fraction of sp³-hybridized carbons (Fsp3) is 0.857. The first-order valence-electron chi connectivity index (χ1n) is 3.79. The van der Waals surface area contributed by atoms with Gasteiger partial charge >= 0.3 is 0 Å². The second kappa shape index (κ2) is 5.23. The summed E-state index contributed by atoms with van der Waals surface area (Å²) >= 11 is 0. The van der Waals surface area contributed by atoms with E-state index in [-0.39, 0.29) is 0 Å². The molecule has 0 radical (unpaired) electrons. The van der Waals surface area contributed by atoms with E-state index in [9.17, 15) is 0 Å². The van der Waals surface area contributed by atoms with Crippen LogP contribution in [-0.2, 0) is 4.74 Å². The van der Waals surface area contributed by atoms with E-state index in [1.807, 2.05) is 0 Å². The Morgan fingerprint density at radius 3 is 2.30 bits per heavy atom. The van der Waals surface area contributed by atoms with Crippen molar-refractivity contribution in [3.05, 3.63) is 0 Å². The molecule has 0 aromatic heterocycles. The SMILES string of the molecule is C1=NCCN1.C1CCOC1. The molecular weight excluding hydrogens is 128 g/mol. The first-order chi connectivity index (χ1) is 5.00. The van der Waals surface area contributed by atoms with Crippen LogP contribution in [0.3, 0.4) is 0 Å². The molecule has 0 bridgehead atoms. The summed E-state index contributed by atoms with van der Waals surface area (Å²) in [5, 5.41) is 2.93. The van der Waals surface area contributed by atoms with Crippen molar-refractivity contribution >= 4 is 6.34 Å². The lowest BCUT2D eigenvalue weighted by molar-refractivity contribution is 0.198. The second-order valence-electron chi connectivity index (χ2n) is 2.31.